The molecule has 0 spiro atoms. The zero-order chi connectivity index (χ0) is 13.1. The van der Waals surface area contributed by atoms with Gasteiger partial charge in [-0.25, -0.2) is 8.42 Å². The molecular formula is C10H20N2O4S. The number of carbonyl (C=O) groups is 1. The summed E-state index contributed by atoms with van der Waals surface area (Å²) in [6, 6.07) is -0.355. The zero-order valence-corrected chi connectivity index (χ0v) is 11.0. The van der Waals surface area contributed by atoms with E-state index in [1.807, 2.05) is 13.8 Å². The highest BCUT2D eigenvalue weighted by Crippen LogP contribution is 2.12. The minimum absolute atomic E-state index is 0.0556. The van der Waals surface area contributed by atoms with Gasteiger partial charge in [0.25, 0.3) is 0 Å². The van der Waals surface area contributed by atoms with Crippen molar-refractivity contribution in [2.75, 3.05) is 18.1 Å². The van der Waals surface area contributed by atoms with Crippen molar-refractivity contribution >= 4 is 15.7 Å². The first-order valence-corrected chi connectivity index (χ1v) is 7.53. The van der Waals surface area contributed by atoms with Crippen molar-refractivity contribution in [2.24, 2.45) is 0 Å². The molecule has 0 saturated carbocycles. The molecule has 2 unspecified atom stereocenters. The maximum atomic E-state index is 11.3. The summed E-state index contributed by atoms with van der Waals surface area (Å²) in [5.74, 6) is -0.328. The van der Waals surface area contributed by atoms with E-state index in [1.54, 1.807) is 0 Å². The molecule has 6 nitrogen and oxygen atoms in total. The molecule has 1 fully saturated rings. The van der Waals surface area contributed by atoms with Crippen LogP contribution in [0, 0.1) is 0 Å². The van der Waals surface area contributed by atoms with Crippen molar-refractivity contribution in [1.82, 2.24) is 10.6 Å². The number of sulfone groups is 1. The lowest BCUT2D eigenvalue weighted by Gasteiger charge is -2.15. The average molecular weight is 264 g/mol. The molecule has 0 bridgehead atoms. The van der Waals surface area contributed by atoms with Gasteiger partial charge in [-0.05, 0) is 13.8 Å². The predicted octanol–water partition coefficient (Wildman–Crippen LogP) is -1.35. The minimum Gasteiger partial charge on any atom is -0.390 e. The van der Waals surface area contributed by atoms with E-state index in [4.69, 9.17) is 0 Å². The summed E-state index contributed by atoms with van der Waals surface area (Å²) in [6.45, 7) is 4.12. The lowest BCUT2D eigenvalue weighted by atomic mass is 10.2. The molecule has 3 N–H and O–H groups in total. The maximum absolute atomic E-state index is 11.3. The Morgan fingerprint density at radius 3 is 2.53 bits per heavy atom. The number of aliphatic hydroxyl groups is 1. The van der Waals surface area contributed by atoms with E-state index in [9.17, 15) is 18.3 Å². The number of amides is 1. The third kappa shape index (κ3) is 5.01. The molecule has 0 aromatic heterocycles. The third-order valence-electron chi connectivity index (χ3n) is 2.53. The molecule has 0 aliphatic carbocycles. The molecule has 2 atom stereocenters. The van der Waals surface area contributed by atoms with Crippen LogP contribution in [0.15, 0.2) is 0 Å². The molecular weight excluding hydrogens is 244 g/mol. The Kier molecular flexibility index (Phi) is 4.91. The summed E-state index contributed by atoms with van der Waals surface area (Å²) in [6.07, 6.45) is -0.588. The summed E-state index contributed by atoms with van der Waals surface area (Å²) in [7, 11) is -3.13. The fourth-order valence-electron chi connectivity index (χ4n) is 1.79. The number of carbonyl (C=O) groups excluding carboxylic acids is 1. The predicted molar refractivity (Wildman–Crippen MR) is 64.3 cm³/mol. The van der Waals surface area contributed by atoms with E-state index in [0.717, 1.165) is 0 Å². The van der Waals surface area contributed by atoms with E-state index in [2.05, 4.69) is 10.6 Å². The van der Waals surface area contributed by atoms with Crippen LogP contribution in [0.4, 0.5) is 0 Å². The number of nitrogens with one attached hydrogen (secondary N) is 2. The molecule has 1 aliphatic rings. The van der Waals surface area contributed by atoms with Crippen LogP contribution in [0.5, 0.6) is 0 Å². The second kappa shape index (κ2) is 5.79. The van der Waals surface area contributed by atoms with E-state index in [1.165, 1.54) is 0 Å². The highest BCUT2D eigenvalue weighted by atomic mass is 32.2. The number of hydrogen-bond acceptors (Lipinski definition) is 5. The van der Waals surface area contributed by atoms with Crippen molar-refractivity contribution in [3.05, 3.63) is 0 Å². The van der Waals surface area contributed by atoms with Crippen molar-refractivity contribution in [2.45, 2.75) is 38.5 Å². The van der Waals surface area contributed by atoms with Gasteiger partial charge in [0.15, 0.2) is 9.84 Å². The van der Waals surface area contributed by atoms with Gasteiger partial charge in [0.1, 0.15) is 0 Å². The Balaban J connectivity index is 2.26. The highest BCUT2D eigenvalue weighted by molar-refractivity contribution is 7.91. The Morgan fingerprint density at radius 1 is 1.41 bits per heavy atom. The molecule has 7 heteroatoms. The largest absolute Gasteiger partial charge is 0.390 e. The standard InChI is InChI=1S/C10H20N2O4S/c1-7(2)12-10(14)3-4-11-8-5-17(15,16)6-9(8)13/h7-9,11,13H,3-6H2,1-2H3,(H,12,14). The Morgan fingerprint density at radius 2 is 2.06 bits per heavy atom. The maximum Gasteiger partial charge on any atom is 0.221 e. The van der Waals surface area contributed by atoms with Gasteiger partial charge in [-0.15, -0.1) is 0 Å². The Hall–Kier alpha value is -0.660. The van der Waals surface area contributed by atoms with Crippen molar-refractivity contribution in [1.29, 1.82) is 0 Å². The SMILES string of the molecule is CC(C)NC(=O)CCNC1CS(=O)(=O)CC1O. The van der Waals surface area contributed by atoms with Crippen LogP contribution in [-0.4, -0.2) is 55.7 Å². The lowest BCUT2D eigenvalue weighted by Crippen LogP contribution is -2.41. The zero-order valence-electron chi connectivity index (χ0n) is 10.1. The van der Waals surface area contributed by atoms with Crippen LogP contribution in [-0.2, 0) is 14.6 Å². The van der Waals surface area contributed by atoms with Gasteiger partial charge in [-0.2, -0.15) is 0 Å². The minimum atomic E-state index is -3.13. The van der Waals surface area contributed by atoms with Gasteiger partial charge in [0, 0.05) is 25.0 Å². The lowest BCUT2D eigenvalue weighted by molar-refractivity contribution is -0.121. The van der Waals surface area contributed by atoms with Crippen LogP contribution in [0.1, 0.15) is 20.3 Å². The third-order valence-corrected chi connectivity index (χ3v) is 4.25. The second-order valence-electron chi connectivity index (χ2n) is 4.68. The molecule has 0 aromatic carbocycles. The van der Waals surface area contributed by atoms with Crippen molar-refractivity contribution in [3.63, 3.8) is 0 Å². The summed E-state index contributed by atoms with van der Waals surface area (Å²) < 4.78 is 22.4. The van der Waals surface area contributed by atoms with Gasteiger partial charge in [0.2, 0.25) is 5.91 Å². The Labute approximate surface area is 102 Å². The van der Waals surface area contributed by atoms with Crippen LogP contribution in [0.3, 0.4) is 0 Å². The molecule has 1 rings (SSSR count). The second-order valence-corrected chi connectivity index (χ2v) is 6.83. The topological polar surface area (TPSA) is 95.5 Å². The molecule has 0 radical (unpaired) electrons. The van der Waals surface area contributed by atoms with E-state index < -0.39 is 22.0 Å². The first kappa shape index (κ1) is 14.4. The van der Waals surface area contributed by atoms with Crippen LogP contribution in [0.25, 0.3) is 0 Å². The van der Waals surface area contributed by atoms with E-state index in [-0.39, 0.29) is 29.9 Å². The summed E-state index contributed by atoms with van der Waals surface area (Å²) in [5, 5.41) is 15.1. The number of hydrogen-bond donors (Lipinski definition) is 3. The van der Waals surface area contributed by atoms with Gasteiger partial charge in [-0.3, -0.25) is 4.79 Å². The molecule has 1 amide bonds. The number of rotatable bonds is 5. The smallest absolute Gasteiger partial charge is 0.221 e. The summed E-state index contributed by atoms with van der Waals surface area (Å²) in [5.41, 5.74) is 0. The highest BCUT2D eigenvalue weighted by Gasteiger charge is 2.35. The van der Waals surface area contributed by atoms with Crippen LogP contribution < -0.4 is 10.6 Å². The fraction of sp³-hybridized carbons (Fsp3) is 0.900. The number of aliphatic hydroxyl groups excluding tert-OH is 1. The molecule has 0 aromatic rings. The summed E-state index contributed by atoms with van der Waals surface area (Å²) in [4.78, 5) is 11.3. The van der Waals surface area contributed by atoms with Gasteiger partial charge >= 0.3 is 0 Å². The van der Waals surface area contributed by atoms with Gasteiger partial charge in [-0.1, -0.05) is 0 Å². The van der Waals surface area contributed by atoms with Crippen molar-refractivity contribution < 1.29 is 18.3 Å². The molecule has 1 saturated heterocycles. The summed E-state index contributed by atoms with van der Waals surface area (Å²) >= 11 is 0. The molecule has 17 heavy (non-hydrogen) atoms. The van der Waals surface area contributed by atoms with Crippen LogP contribution in [0.2, 0.25) is 0 Å². The van der Waals surface area contributed by atoms with E-state index in [0.29, 0.717) is 6.54 Å². The normalized spacial score (nSPS) is 27.3. The van der Waals surface area contributed by atoms with Gasteiger partial charge < -0.3 is 15.7 Å². The van der Waals surface area contributed by atoms with Crippen LogP contribution >= 0.6 is 0 Å². The molecule has 100 valence electrons. The quantitative estimate of drug-likeness (QED) is 0.570. The first-order valence-electron chi connectivity index (χ1n) is 5.71. The van der Waals surface area contributed by atoms with Gasteiger partial charge in [0.05, 0.1) is 17.6 Å². The average Bonchev–Trinajstić information content (AvgIpc) is 2.38. The first-order chi connectivity index (χ1) is 7.80. The van der Waals surface area contributed by atoms with E-state index >= 15 is 0 Å². The molecule has 1 aliphatic heterocycles. The Bertz CT molecular complexity index is 367. The monoisotopic (exact) mass is 264 g/mol. The fourth-order valence-corrected chi connectivity index (χ4v) is 3.57. The molecule has 1 heterocycles. The van der Waals surface area contributed by atoms with Crippen molar-refractivity contribution in [3.8, 4) is 0 Å².